The number of benzene rings is 1. The predicted molar refractivity (Wildman–Crippen MR) is 165 cm³/mol. The maximum Gasteiger partial charge on any atom is 0.508 e. The maximum absolute atomic E-state index is 12.6. The summed E-state index contributed by atoms with van der Waals surface area (Å²) >= 11 is 0. The minimum absolute atomic E-state index is 0.0193. The molecule has 0 spiro atoms. The average molecular weight is 656 g/mol. The first-order valence-corrected chi connectivity index (χ1v) is 15.3. The maximum atomic E-state index is 12.6. The van der Waals surface area contributed by atoms with Crippen LogP contribution in [-0.2, 0) is 39.8 Å². The van der Waals surface area contributed by atoms with Gasteiger partial charge in [0.25, 0.3) is 0 Å². The lowest BCUT2D eigenvalue weighted by molar-refractivity contribution is -0.122. The van der Waals surface area contributed by atoms with Crippen molar-refractivity contribution in [1.29, 1.82) is 0 Å². The van der Waals surface area contributed by atoms with Gasteiger partial charge in [0.15, 0.2) is 0 Å². The number of aliphatic hydroxyl groups is 1. The van der Waals surface area contributed by atoms with Crippen LogP contribution in [0.5, 0.6) is 0 Å². The van der Waals surface area contributed by atoms with E-state index in [0.717, 1.165) is 12.0 Å². The summed E-state index contributed by atoms with van der Waals surface area (Å²) in [6.07, 6.45) is 0.0327. The topological polar surface area (TPSA) is 197 Å². The molecule has 2 atom stereocenters. The summed E-state index contributed by atoms with van der Waals surface area (Å²) in [4.78, 5) is 60.4. The van der Waals surface area contributed by atoms with Crippen LogP contribution in [0, 0.1) is 0 Å². The number of carbonyl (C=O) groups excluding carboxylic acids is 5. The molecule has 3 amide bonds. The van der Waals surface area contributed by atoms with E-state index in [1.54, 1.807) is 45.0 Å². The number of unbranched alkanes of at least 4 members (excludes halogenated alkanes) is 3. The number of nitrogens with one attached hydrogen (secondary N) is 3. The third kappa shape index (κ3) is 21.4. The van der Waals surface area contributed by atoms with E-state index in [0.29, 0.717) is 32.2 Å². The second kappa shape index (κ2) is 23.1. The minimum atomic E-state index is -1.14. The highest BCUT2D eigenvalue weighted by atomic mass is 16.7. The van der Waals surface area contributed by atoms with Gasteiger partial charge in [-0.3, -0.25) is 4.79 Å². The molecule has 1 aromatic carbocycles. The second-order valence-electron chi connectivity index (χ2n) is 11.2. The molecule has 0 saturated heterocycles. The van der Waals surface area contributed by atoms with Crippen LogP contribution in [0.2, 0.25) is 0 Å². The van der Waals surface area contributed by atoms with Crippen molar-refractivity contribution in [1.82, 2.24) is 16.0 Å². The Balaban J connectivity index is 2.53. The molecule has 2 unspecified atom stereocenters. The fraction of sp³-hybridized carbons (Fsp3) is 0.645. The first-order chi connectivity index (χ1) is 21.9. The Kier molecular flexibility index (Phi) is 20.0. The number of hydrogen-bond donors (Lipinski definition) is 4. The van der Waals surface area contributed by atoms with Crippen molar-refractivity contribution >= 4 is 30.4 Å². The molecule has 4 N–H and O–H groups in total. The zero-order chi connectivity index (χ0) is 34.2. The molecular formula is C31H49N3O12. The molecule has 46 heavy (non-hydrogen) atoms. The van der Waals surface area contributed by atoms with Crippen LogP contribution >= 0.6 is 0 Å². The van der Waals surface area contributed by atoms with Gasteiger partial charge in [-0.2, -0.15) is 0 Å². The summed E-state index contributed by atoms with van der Waals surface area (Å²) in [6, 6.07) is 7.09. The highest BCUT2D eigenvalue weighted by molar-refractivity contribution is 5.76. The number of rotatable bonds is 20. The summed E-state index contributed by atoms with van der Waals surface area (Å²) in [5, 5.41) is 17.1. The monoisotopic (exact) mass is 655 g/mol. The van der Waals surface area contributed by atoms with Gasteiger partial charge in [-0.1, -0.05) is 50.1 Å². The third-order valence-corrected chi connectivity index (χ3v) is 5.79. The molecule has 0 aliphatic carbocycles. The lowest BCUT2D eigenvalue weighted by Gasteiger charge is -2.20. The van der Waals surface area contributed by atoms with Gasteiger partial charge in [-0.25, -0.2) is 19.2 Å². The van der Waals surface area contributed by atoms with Crippen molar-refractivity contribution in [2.24, 2.45) is 0 Å². The molecule has 0 heterocycles. The predicted octanol–water partition coefficient (Wildman–Crippen LogP) is 3.95. The van der Waals surface area contributed by atoms with E-state index in [1.807, 2.05) is 13.0 Å². The van der Waals surface area contributed by atoms with Gasteiger partial charge in [0.1, 0.15) is 32.0 Å². The first-order valence-electron chi connectivity index (χ1n) is 15.3. The van der Waals surface area contributed by atoms with E-state index in [-0.39, 0.29) is 32.1 Å². The van der Waals surface area contributed by atoms with Gasteiger partial charge in [0, 0.05) is 13.0 Å². The van der Waals surface area contributed by atoms with Crippen LogP contribution in [0.4, 0.5) is 19.2 Å². The summed E-state index contributed by atoms with van der Waals surface area (Å²) < 4.78 is 30.4. The van der Waals surface area contributed by atoms with Gasteiger partial charge in [0.05, 0.1) is 25.3 Å². The Hall–Kier alpha value is -4.27. The van der Waals surface area contributed by atoms with E-state index in [1.165, 1.54) is 0 Å². The van der Waals surface area contributed by atoms with Crippen LogP contribution < -0.4 is 16.0 Å². The van der Waals surface area contributed by atoms with E-state index in [2.05, 4.69) is 16.0 Å². The summed E-state index contributed by atoms with van der Waals surface area (Å²) in [5.41, 5.74) is 0.158. The first kappa shape index (κ1) is 39.8. The van der Waals surface area contributed by atoms with E-state index in [4.69, 9.17) is 28.4 Å². The van der Waals surface area contributed by atoms with Gasteiger partial charge in [0.2, 0.25) is 5.91 Å². The molecule has 0 fully saturated rings. The van der Waals surface area contributed by atoms with Crippen LogP contribution in [0.3, 0.4) is 0 Å². The van der Waals surface area contributed by atoms with Gasteiger partial charge < -0.3 is 49.5 Å². The molecule has 0 aromatic heterocycles. The molecule has 1 aromatic rings. The summed E-state index contributed by atoms with van der Waals surface area (Å²) in [7, 11) is 0. The molecule has 0 bridgehead atoms. The Morgan fingerprint density at radius 2 is 1.39 bits per heavy atom. The van der Waals surface area contributed by atoms with Crippen molar-refractivity contribution < 1.29 is 57.5 Å². The number of ether oxygens (including phenoxy) is 6. The molecule has 0 aliphatic rings. The number of amides is 3. The number of aliphatic hydroxyl groups excluding tert-OH is 1. The van der Waals surface area contributed by atoms with Crippen molar-refractivity contribution in [2.45, 2.75) is 90.5 Å². The standard InChI is InChI=1S/C31H49N3O12/c1-5-6-17-41-28(38)34-24(18-35)20-43-30(40)45-22-25(21-44-29(39)42-19-23-13-9-7-10-14-23)33-26(36)15-11-8-12-16-32-27(37)46-31(2,3)4/h7,9-10,13-14,24-25,35H,5-6,8,11-12,15-22H2,1-4H3,(H,32,37)(H,33,36)(H,34,38). The van der Waals surface area contributed by atoms with Crippen LogP contribution in [-0.4, -0.2) is 92.8 Å². The normalized spacial score (nSPS) is 12.1. The minimum Gasteiger partial charge on any atom is -0.450 e. The number of carbonyl (C=O) groups is 5. The molecule has 0 aliphatic heterocycles. The lowest BCUT2D eigenvalue weighted by Crippen LogP contribution is -2.43. The lowest BCUT2D eigenvalue weighted by atomic mass is 10.2. The number of alkyl carbamates (subject to hydrolysis) is 2. The Morgan fingerprint density at radius 1 is 0.761 bits per heavy atom. The van der Waals surface area contributed by atoms with Crippen molar-refractivity contribution in [2.75, 3.05) is 39.6 Å². The third-order valence-electron chi connectivity index (χ3n) is 5.79. The molecule has 0 radical (unpaired) electrons. The smallest absolute Gasteiger partial charge is 0.450 e. The molecule has 0 saturated carbocycles. The van der Waals surface area contributed by atoms with Crippen LogP contribution in [0.25, 0.3) is 0 Å². The molecule has 15 heteroatoms. The molecule has 1 rings (SSSR count). The number of hydrogen-bond acceptors (Lipinski definition) is 12. The molecule has 260 valence electrons. The Morgan fingerprint density at radius 3 is 2.00 bits per heavy atom. The fourth-order valence-electron chi connectivity index (χ4n) is 3.49. The highest BCUT2D eigenvalue weighted by Gasteiger charge is 2.20. The van der Waals surface area contributed by atoms with Crippen molar-refractivity contribution in [3.05, 3.63) is 35.9 Å². The van der Waals surface area contributed by atoms with Gasteiger partial charge >= 0.3 is 24.5 Å². The van der Waals surface area contributed by atoms with E-state index in [9.17, 15) is 29.1 Å². The van der Waals surface area contributed by atoms with Crippen molar-refractivity contribution in [3.8, 4) is 0 Å². The van der Waals surface area contributed by atoms with Gasteiger partial charge in [-0.15, -0.1) is 0 Å². The fourth-order valence-corrected chi connectivity index (χ4v) is 3.49. The Labute approximate surface area is 269 Å². The zero-order valence-corrected chi connectivity index (χ0v) is 27.2. The molecule has 15 nitrogen and oxygen atoms in total. The second-order valence-corrected chi connectivity index (χ2v) is 11.2. The van der Waals surface area contributed by atoms with Crippen LogP contribution in [0.15, 0.2) is 30.3 Å². The largest absolute Gasteiger partial charge is 0.508 e. The summed E-state index contributed by atoms with van der Waals surface area (Å²) in [6.45, 7) is 6.13. The molecular weight excluding hydrogens is 606 g/mol. The van der Waals surface area contributed by atoms with E-state index >= 15 is 0 Å². The Bertz CT molecular complexity index is 1050. The summed E-state index contributed by atoms with van der Waals surface area (Å²) in [5.74, 6) is -0.380. The van der Waals surface area contributed by atoms with E-state index < -0.39 is 62.0 Å². The SMILES string of the molecule is CCCCOC(=O)NC(CO)COC(=O)OCC(COC(=O)OCc1ccccc1)NC(=O)CCCCCNC(=O)OC(C)(C)C. The highest BCUT2D eigenvalue weighted by Crippen LogP contribution is 2.07. The zero-order valence-electron chi connectivity index (χ0n) is 27.2. The van der Waals surface area contributed by atoms with Gasteiger partial charge in [-0.05, 0) is 45.6 Å². The quantitative estimate of drug-likeness (QED) is 0.0898. The van der Waals surface area contributed by atoms with Crippen LogP contribution in [0.1, 0.15) is 71.8 Å². The van der Waals surface area contributed by atoms with Crippen molar-refractivity contribution in [3.63, 3.8) is 0 Å². The average Bonchev–Trinajstić information content (AvgIpc) is 3.00.